The summed E-state index contributed by atoms with van der Waals surface area (Å²) in [6.45, 7) is 4.52. The van der Waals surface area contributed by atoms with E-state index >= 15 is 0 Å². The monoisotopic (exact) mass is 396 g/mol. The van der Waals surface area contributed by atoms with Crippen LogP contribution in [0.2, 0.25) is 0 Å². The van der Waals surface area contributed by atoms with Gasteiger partial charge in [-0.1, -0.05) is 31.7 Å². The molecular formula is C19H20N6O2S. The molecule has 0 fully saturated rings. The number of carbonyl (C=O) groups excluding carboxylic acids is 1. The normalized spacial score (nSPS) is 11.0. The second kappa shape index (κ2) is 8.27. The van der Waals surface area contributed by atoms with E-state index in [2.05, 4.69) is 15.4 Å². The number of nitriles is 1. The number of hydrogen-bond donors (Lipinski definition) is 1. The highest BCUT2D eigenvalue weighted by molar-refractivity contribution is 7.99. The zero-order valence-corrected chi connectivity index (χ0v) is 16.7. The average molecular weight is 396 g/mol. The van der Waals surface area contributed by atoms with Crippen LogP contribution >= 0.6 is 11.8 Å². The molecule has 0 unspecified atom stereocenters. The van der Waals surface area contributed by atoms with Crippen molar-refractivity contribution >= 4 is 34.4 Å². The van der Waals surface area contributed by atoms with Crippen molar-refractivity contribution in [3.8, 4) is 6.07 Å². The molecule has 0 spiro atoms. The Hall–Kier alpha value is -3.12. The minimum atomic E-state index is -0.239. The Balaban J connectivity index is 1.81. The zero-order valence-electron chi connectivity index (χ0n) is 15.8. The van der Waals surface area contributed by atoms with E-state index in [0.29, 0.717) is 34.0 Å². The van der Waals surface area contributed by atoms with Gasteiger partial charge in [-0.15, -0.1) is 0 Å². The van der Waals surface area contributed by atoms with Crippen LogP contribution in [0.5, 0.6) is 0 Å². The van der Waals surface area contributed by atoms with Crippen LogP contribution in [0.15, 0.2) is 40.4 Å². The number of aromatic nitrogens is 4. The van der Waals surface area contributed by atoms with Gasteiger partial charge in [-0.2, -0.15) is 10.4 Å². The maximum absolute atomic E-state index is 12.8. The lowest BCUT2D eigenvalue weighted by Gasteiger charge is -2.13. The van der Waals surface area contributed by atoms with E-state index in [4.69, 9.17) is 5.26 Å². The summed E-state index contributed by atoms with van der Waals surface area (Å²) < 4.78 is 3.14. The largest absolute Gasteiger partial charge is 0.325 e. The van der Waals surface area contributed by atoms with Crippen LogP contribution in [-0.4, -0.2) is 31.0 Å². The van der Waals surface area contributed by atoms with Gasteiger partial charge in [0.15, 0.2) is 10.7 Å². The summed E-state index contributed by atoms with van der Waals surface area (Å²) in [6.07, 6.45) is 1.69. The number of amides is 1. The first-order valence-electron chi connectivity index (χ1n) is 8.74. The van der Waals surface area contributed by atoms with Crippen molar-refractivity contribution in [3.05, 3.63) is 46.4 Å². The number of aryl methyl sites for hydroxylation is 1. The van der Waals surface area contributed by atoms with E-state index in [-0.39, 0.29) is 23.1 Å². The van der Waals surface area contributed by atoms with Crippen LogP contribution in [0.4, 0.5) is 5.69 Å². The smallest absolute Gasteiger partial charge is 0.282 e. The molecule has 2 aromatic heterocycles. The number of fused-ring (bicyclic) bond motifs is 1. The molecule has 0 radical (unpaired) electrons. The molecule has 1 aromatic carbocycles. The molecule has 0 aliphatic carbocycles. The summed E-state index contributed by atoms with van der Waals surface area (Å²) >= 11 is 1.20. The molecule has 0 atom stereocenters. The molecule has 3 aromatic rings. The first-order chi connectivity index (χ1) is 13.4. The van der Waals surface area contributed by atoms with Crippen molar-refractivity contribution in [2.45, 2.75) is 25.5 Å². The molecule has 0 aliphatic rings. The Labute approximate surface area is 166 Å². The van der Waals surface area contributed by atoms with Crippen LogP contribution in [-0.2, 0) is 18.4 Å². The predicted molar refractivity (Wildman–Crippen MR) is 108 cm³/mol. The second-order valence-corrected chi connectivity index (χ2v) is 7.71. The lowest BCUT2D eigenvalue weighted by atomic mass is 10.2. The van der Waals surface area contributed by atoms with Crippen molar-refractivity contribution in [1.29, 1.82) is 5.26 Å². The average Bonchev–Trinajstić information content (AvgIpc) is 3.03. The number of nitrogens with zero attached hydrogens (tertiary/aromatic N) is 5. The molecule has 9 heteroatoms. The summed E-state index contributed by atoms with van der Waals surface area (Å²) in [5.41, 5.74) is 1.66. The molecule has 0 aliphatic heterocycles. The Kier molecular flexibility index (Phi) is 5.80. The van der Waals surface area contributed by atoms with Crippen LogP contribution in [0.1, 0.15) is 19.4 Å². The number of carbonyl (C=O) groups is 1. The number of hydrogen-bond acceptors (Lipinski definition) is 6. The SMILES string of the molecule is CC(C)Cn1c(SCC(=O)Nc2cccc(C#N)c2)nc2cn(C)nc2c1=O. The standard InChI is InChI=1S/C19H20N6O2S/c1-12(2)9-25-18(27)17-15(10-24(3)23-17)22-19(25)28-11-16(26)21-14-6-4-5-13(7-14)8-20/h4-7,10,12H,9,11H2,1-3H3,(H,21,26). The van der Waals surface area contributed by atoms with Gasteiger partial charge in [0.25, 0.3) is 5.56 Å². The molecule has 8 nitrogen and oxygen atoms in total. The van der Waals surface area contributed by atoms with Crippen LogP contribution in [0, 0.1) is 17.2 Å². The van der Waals surface area contributed by atoms with E-state index in [1.54, 1.807) is 46.8 Å². The van der Waals surface area contributed by atoms with Crippen molar-refractivity contribution in [3.63, 3.8) is 0 Å². The fourth-order valence-corrected chi connectivity index (χ4v) is 3.53. The molecular weight excluding hydrogens is 376 g/mol. The molecule has 0 saturated carbocycles. The fraction of sp³-hybridized carbons (Fsp3) is 0.316. The summed E-state index contributed by atoms with van der Waals surface area (Å²) in [5.74, 6) is 0.0897. The number of anilines is 1. The van der Waals surface area contributed by atoms with Gasteiger partial charge in [0.05, 0.1) is 23.6 Å². The quantitative estimate of drug-likeness (QED) is 0.507. The molecule has 2 heterocycles. The Morgan fingerprint density at radius 1 is 1.39 bits per heavy atom. The minimum Gasteiger partial charge on any atom is -0.325 e. The van der Waals surface area contributed by atoms with E-state index in [1.165, 1.54) is 11.8 Å². The molecule has 144 valence electrons. The van der Waals surface area contributed by atoms with Crippen LogP contribution < -0.4 is 10.9 Å². The van der Waals surface area contributed by atoms with E-state index < -0.39 is 0 Å². The van der Waals surface area contributed by atoms with Gasteiger partial charge in [0.1, 0.15) is 5.52 Å². The molecule has 3 rings (SSSR count). The number of rotatable bonds is 6. The summed E-state index contributed by atoms with van der Waals surface area (Å²) in [5, 5.41) is 16.4. The maximum atomic E-state index is 12.8. The van der Waals surface area contributed by atoms with Gasteiger partial charge >= 0.3 is 0 Å². The Morgan fingerprint density at radius 3 is 2.89 bits per heavy atom. The third kappa shape index (κ3) is 4.40. The summed E-state index contributed by atoms with van der Waals surface area (Å²) in [4.78, 5) is 29.7. The second-order valence-electron chi connectivity index (χ2n) is 6.77. The lowest BCUT2D eigenvalue weighted by Crippen LogP contribution is -2.26. The van der Waals surface area contributed by atoms with E-state index in [0.717, 1.165) is 0 Å². The van der Waals surface area contributed by atoms with Crippen LogP contribution in [0.3, 0.4) is 0 Å². The molecule has 0 bridgehead atoms. The van der Waals surface area contributed by atoms with Crippen LogP contribution in [0.25, 0.3) is 11.0 Å². The highest BCUT2D eigenvalue weighted by atomic mass is 32.2. The third-order valence-corrected chi connectivity index (χ3v) is 4.84. The minimum absolute atomic E-state index is 0.0904. The Morgan fingerprint density at radius 2 is 2.18 bits per heavy atom. The number of nitrogens with one attached hydrogen (secondary N) is 1. The van der Waals surface area contributed by atoms with Gasteiger partial charge in [-0.05, 0) is 24.1 Å². The zero-order chi connectivity index (χ0) is 20.3. The summed E-state index contributed by atoms with van der Waals surface area (Å²) in [6, 6.07) is 8.74. The highest BCUT2D eigenvalue weighted by Gasteiger charge is 2.16. The van der Waals surface area contributed by atoms with Gasteiger partial charge in [0.2, 0.25) is 5.91 Å². The van der Waals surface area contributed by atoms with Crippen molar-refractivity contribution in [2.75, 3.05) is 11.1 Å². The highest BCUT2D eigenvalue weighted by Crippen LogP contribution is 2.19. The third-order valence-electron chi connectivity index (χ3n) is 3.86. The molecule has 1 N–H and O–H groups in total. The Bertz CT molecular complexity index is 1130. The van der Waals surface area contributed by atoms with Crippen molar-refractivity contribution < 1.29 is 4.79 Å². The fourth-order valence-electron chi connectivity index (χ4n) is 2.72. The first kappa shape index (κ1) is 19.6. The number of thioether (sulfide) groups is 1. The summed E-state index contributed by atoms with van der Waals surface area (Å²) in [7, 11) is 1.74. The van der Waals surface area contributed by atoms with E-state index in [1.807, 2.05) is 19.9 Å². The molecule has 1 amide bonds. The predicted octanol–water partition coefficient (Wildman–Crippen LogP) is 2.39. The molecule has 28 heavy (non-hydrogen) atoms. The molecule has 0 saturated heterocycles. The van der Waals surface area contributed by atoms with Gasteiger partial charge in [-0.25, -0.2) is 4.98 Å². The topological polar surface area (TPSA) is 106 Å². The van der Waals surface area contributed by atoms with E-state index in [9.17, 15) is 9.59 Å². The van der Waals surface area contributed by atoms with Gasteiger partial charge in [-0.3, -0.25) is 18.8 Å². The number of benzene rings is 1. The van der Waals surface area contributed by atoms with Gasteiger partial charge < -0.3 is 5.32 Å². The first-order valence-corrected chi connectivity index (χ1v) is 9.73. The van der Waals surface area contributed by atoms with Crippen molar-refractivity contribution in [2.24, 2.45) is 13.0 Å². The van der Waals surface area contributed by atoms with Gasteiger partial charge in [0, 0.05) is 19.3 Å². The lowest BCUT2D eigenvalue weighted by molar-refractivity contribution is -0.113. The maximum Gasteiger partial charge on any atom is 0.282 e. The van der Waals surface area contributed by atoms with Crippen molar-refractivity contribution in [1.82, 2.24) is 19.3 Å².